The summed E-state index contributed by atoms with van der Waals surface area (Å²) in [4.78, 5) is 24.6. The Balaban J connectivity index is 1.97. The molecule has 0 unspecified atom stereocenters. The fourth-order valence-corrected chi connectivity index (χ4v) is 2.41. The quantitative estimate of drug-likeness (QED) is 0.812. The van der Waals surface area contributed by atoms with Crippen LogP contribution >= 0.6 is 11.3 Å². The van der Waals surface area contributed by atoms with Crippen molar-refractivity contribution in [3.8, 4) is 0 Å². The van der Waals surface area contributed by atoms with E-state index in [-0.39, 0.29) is 11.9 Å². The highest BCUT2D eigenvalue weighted by atomic mass is 32.1. The van der Waals surface area contributed by atoms with Gasteiger partial charge in [0.15, 0.2) is 0 Å². The molecule has 0 aliphatic rings. The maximum Gasteiger partial charge on any atom is 0.338 e. The number of ether oxygens (including phenoxy) is 1. The Labute approximate surface area is 134 Å². The molecule has 1 aromatic carbocycles. The van der Waals surface area contributed by atoms with Crippen molar-refractivity contribution in [3.63, 3.8) is 0 Å². The molecule has 5 heteroatoms. The minimum atomic E-state index is -0.368. The summed E-state index contributed by atoms with van der Waals surface area (Å²) in [7, 11) is 0. The third-order valence-electron chi connectivity index (χ3n) is 3.03. The van der Waals surface area contributed by atoms with Crippen LogP contribution in [0.1, 0.15) is 40.3 Å². The number of carbonyl (C=O) groups is 2. The van der Waals surface area contributed by atoms with Crippen molar-refractivity contribution >= 4 is 28.9 Å². The second-order valence-electron chi connectivity index (χ2n) is 5.33. The van der Waals surface area contributed by atoms with E-state index in [9.17, 15) is 9.59 Å². The van der Waals surface area contributed by atoms with Crippen LogP contribution in [0.4, 0.5) is 5.69 Å². The molecule has 0 saturated carbocycles. The summed E-state index contributed by atoms with van der Waals surface area (Å²) >= 11 is 1.37. The number of rotatable bonds is 6. The van der Waals surface area contributed by atoms with Gasteiger partial charge in [-0.1, -0.05) is 26.0 Å². The van der Waals surface area contributed by atoms with Gasteiger partial charge >= 0.3 is 5.97 Å². The number of amides is 1. The van der Waals surface area contributed by atoms with Gasteiger partial charge in [-0.25, -0.2) is 4.79 Å². The van der Waals surface area contributed by atoms with Crippen LogP contribution in [0.2, 0.25) is 0 Å². The summed E-state index contributed by atoms with van der Waals surface area (Å²) in [5.41, 5.74) is 1.02. The fourth-order valence-electron chi connectivity index (χ4n) is 1.80. The third kappa shape index (κ3) is 4.70. The van der Waals surface area contributed by atoms with Gasteiger partial charge in [0.2, 0.25) is 0 Å². The van der Waals surface area contributed by atoms with E-state index in [0.717, 1.165) is 6.42 Å². The van der Waals surface area contributed by atoms with Crippen molar-refractivity contribution < 1.29 is 14.3 Å². The molecule has 4 nitrogen and oxygen atoms in total. The van der Waals surface area contributed by atoms with Gasteiger partial charge in [0, 0.05) is 5.69 Å². The lowest BCUT2D eigenvalue weighted by atomic mass is 10.1. The number of carbonyl (C=O) groups excluding carboxylic acids is 2. The molecule has 22 heavy (non-hydrogen) atoms. The smallest absolute Gasteiger partial charge is 0.338 e. The number of hydrogen-bond acceptors (Lipinski definition) is 4. The summed E-state index contributed by atoms with van der Waals surface area (Å²) in [6.07, 6.45) is 0.834. The fraction of sp³-hybridized carbons (Fsp3) is 0.294. The molecule has 2 aromatic rings. The number of thiophene rings is 1. The van der Waals surface area contributed by atoms with E-state index in [0.29, 0.717) is 28.7 Å². The van der Waals surface area contributed by atoms with Crippen molar-refractivity contribution in [2.24, 2.45) is 5.92 Å². The largest absolute Gasteiger partial charge is 0.462 e. The Morgan fingerprint density at radius 3 is 2.73 bits per heavy atom. The predicted molar refractivity (Wildman–Crippen MR) is 88.5 cm³/mol. The van der Waals surface area contributed by atoms with Crippen molar-refractivity contribution in [3.05, 3.63) is 52.2 Å². The van der Waals surface area contributed by atoms with E-state index in [4.69, 9.17) is 4.74 Å². The van der Waals surface area contributed by atoms with Crippen molar-refractivity contribution in [2.45, 2.75) is 20.3 Å². The van der Waals surface area contributed by atoms with Crippen LogP contribution in [0.15, 0.2) is 41.8 Å². The molecule has 1 heterocycles. The molecule has 0 aliphatic heterocycles. The van der Waals surface area contributed by atoms with E-state index in [1.54, 1.807) is 30.3 Å². The standard InChI is InChI=1S/C17H19NO3S/c1-12(2)8-9-21-17(20)13-5-3-6-14(11-13)18-16(19)15-7-4-10-22-15/h3-7,10-12H,8-9H2,1-2H3,(H,18,19). The highest BCUT2D eigenvalue weighted by Crippen LogP contribution is 2.15. The highest BCUT2D eigenvalue weighted by molar-refractivity contribution is 7.12. The zero-order valence-corrected chi connectivity index (χ0v) is 13.5. The summed E-state index contributed by atoms with van der Waals surface area (Å²) < 4.78 is 5.22. The molecule has 1 amide bonds. The molecule has 0 bridgehead atoms. The Morgan fingerprint density at radius 2 is 2.05 bits per heavy atom. The second kappa shape index (κ2) is 7.75. The molecule has 1 N–H and O–H groups in total. The Kier molecular flexibility index (Phi) is 5.72. The predicted octanol–water partition coefficient (Wildman–Crippen LogP) is 4.20. The first-order valence-corrected chi connectivity index (χ1v) is 8.06. The first kappa shape index (κ1) is 16.2. The summed E-state index contributed by atoms with van der Waals surface area (Å²) in [6.45, 7) is 4.56. The highest BCUT2D eigenvalue weighted by Gasteiger charge is 2.11. The van der Waals surface area contributed by atoms with Gasteiger partial charge in [0.1, 0.15) is 0 Å². The number of hydrogen-bond donors (Lipinski definition) is 1. The lowest BCUT2D eigenvalue weighted by Crippen LogP contribution is -2.12. The first-order chi connectivity index (χ1) is 10.6. The second-order valence-corrected chi connectivity index (χ2v) is 6.28. The van der Waals surface area contributed by atoms with E-state index in [1.165, 1.54) is 11.3 Å². The van der Waals surface area contributed by atoms with Gasteiger partial charge in [-0.15, -0.1) is 11.3 Å². The molecule has 2 rings (SSSR count). The Hall–Kier alpha value is -2.14. The van der Waals surface area contributed by atoms with Gasteiger partial charge < -0.3 is 10.1 Å². The monoisotopic (exact) mass is 317 g/mol. The van der Waals surface area contributed by atoms with Crippen LogP contribution < -0.4 is 5.32 Å². The zero-order valence-electron chi connectivity index (χ0n) is 12.7. The van der Waals surface area contributed by atoms with Crippen LogP contribution in [0.5, 0.6) is 0 Å². The molecule has 0 fully saturated rings. The van der Waals surface area contributed by atoms with Gasteiger partial charge in [0.25, 0.3) is 5.91 Å². The van der Waals surface area contributed by atoms with Gasteiger partial charge in [-0.2, -0.15) is 0 Å². The summed E-state index contributed by atoms with van der Waals surface area (Å²) in [5, 5.41) is 4.62. The molecule has 0 saturated heterocycles. The lowest BCUT2D eigenvalue weighted by Gasteiger charge is -2.08. The maximum atomic E-state index is 12.0. The summed E-state index contributed by atoms with van der Waals surface area (Å²) in [5.74, 6) is -0.0579. The zero-order chi connectivity index (χ0) is 15.9. The molecular weight excluding hydrogens is 298 g/mol. The van der Waals surface area contributed by atoms with Crippen LogP contribution in [-0.4, -0.2) is 18.5 Å². The van der Waals surface area contributed by atoms with E-state index < -0.39 is 0 Å². The van der Waals surface area contributed by atoms with Crippen molar-refractivity contribution in [1.82, 2.24) is 0 Å². The molecular formula is C17H19NO3S. The Bertz CT molecular complexity index is 635. The SMILES string of the molecule is CC(C)CCOC(=O)c1cccc(NC(=O)c2cccs2)c1. The average Bonchev–Trinajstić information content (AvgIpc) is 3.01. The number of esters is 1. The maximum absolute atomic E-state index is 12.0. The topological polar surface area (TPSA) is 55.4 Å². The molecule has 116 valence electrons. The van der Waals surface area contributed by atoms with Crippen LogP contribution in [0.3, 0.4) is 0 Å². The summed E-state index contributed by atoms with van der Waals surface area (Å²) in [6, 6.07) is 10.4. The average molecular weight is 317 g/mol. The van der Waals surface area contributed by atoms with Crippen molar-refractivity contribution in [1.29, 1.82) is 0 Å². The molecule has 0 atom stereocenters. The Morgan fingerprint density at radius 1 is 1.23 bits per heavy atom. The third-order valence-corrected chi connectivity index (χ3v) is 3.90. The van der Waals surface area contributed by atoms with Crippen LogP contribution in [0.25, 0.3) is 0 Å². The lowest BCUT2D eigenvalue weighted by molar-refractivity contribution is 0.0488. The van der Waals surface area contributed by atoms with Crippen molar-refractivity contribution in [2.75, 3.05) is 11.9 Å². The molecule has 0 radical (unpaired) electrons. The minimum Gasteiger partial charge on any atom is -0.462 e. The molecule has 0 spiro atoms. The van der Waals surface area contributed by atoms with Gasteiger partial charge in [-0.3, -0.25) is 4.79 Å². The number of nitrogens with one attached hydrogen (secondary N) is 1. The molecule has 1 aromatic heterocycles. The first-order valence-electron chi connectivity index (χ1n) is 7.18. The van der Waals surface area contributed by atoms with E-state index >= 15 is 0 Å². The number of benzene rings is 1. The van der Waals surface area contributed by atoms with E-state index in [2.05, 4.69) is 19.2 Å². The number of anilines is 1. The van der Waals surface area contributed by atoms with E-state index in [1.807, 2.05) is 11.4 Å². The van der Waals surface area contributed by atoms with Crippen LogP contribution in [0, 0.1) is 5.92 Å². The normalized spacial score (nSPS) is 10.5. The minimum absolute atomic E-state index is 0.180. The molecule has 0 aliphatic carbocycles. The van der Waals surface area contributed by atoms with Crippen LogP contribution in [-0.2, 0) is 4.74 Å². The van der Waals surface area contributed by atoms with Gasteiger partial charge in [0.05, 0.1) is 17.0 Å². The van der Waals surface area contributed by atoms with Gasteiger partial charge in [-0.05, 0) is 42.0 Å².